The number of H-pyrrole nitrogens is 1. The van der Waals surface area contributed by atoms with E-state index in [1.807, 2.05) is 13.8 Å². The van der Waals surface area contributed by atoms with Gasteiger partial charge in [0.2, 0.25) is 5.56 Å². The molecule has 0 unspecified atom stereocenters. The summed E-state index contributed by atoms with van der Waals surface area (Å²) in [6.45, 7) is 11.2. The van der Waals surface area contributed by atoms with Crippen molar-refractivity contribution in [2.75, 3.05) is 0 Å². The van der Waals surface area contributed by atoms with Crippen LogP contribution in [0.25, 0.3) is 12.2 Å². The first-order chi connectivity index (χ1) is 6.27. The molecule has 0 atom stereocenters. The zero-order chi connectivity index (χ0) is 10.3. The molecule has 13 heavy (non-hydrogen) atoms. The molecule has 70 valence electrons. The standard InChI is InChI=1S/C9H9NO.C2H6/c1-3-7-5-6-9(11)10-8(7)4-2;1-2/h3-6H,1-2H2,(H,10,11);1-2H3. The SMILES string of the molecule is C=Cc1ccc(=O)[nH]c1C=C.CC. The summed E-state index contributed by atoms with van der Waals surface area (Å²) in [5.74, 6) is 0. The van der Waals surface area contributed by atoms with E-state index in [-0.39, 0.29) is 5.56 Å². The van der Waals surface area contributed by atoms with Crippen LogP contribution in [0.4, 0.5) is 0 Å². The lowest BCUT2D eigenvalue weighted by Gasteiger charge is -1.97. The molecule has 0 aliphatic rings. The van der Waals surface area contributed by atoms with Gasteiger partial charge in [0.25, 0.3) is 0 Å². The maximum atomic E-state index is 10.8. The van der Waals surface area contributed by atoms with Gasteiger partial charge in [0.1, 0.15) is 0 Å². The van der Waals surface area contributed by atoms with Crippen molar-refractivity contribution in [1.29, 1.82) is 0 Å². The van der Waals surface area contributed by atoms with Crippen LogP contribution in [0.1, 0.15) is 25.1 Å². The van der Waals surface area contributed by atoms with Crippen molar-refractivity contribution < 1.29 is 0 Å². The third kappa shape index (κ3) is 3.11. The molecule has 1 N–H and O–H groups in total. The average Bonchev–Trinajstić information content (AvgIpc) is 2.20. The van der Waals surface area contributed by atoms with Crippen molar-refractivity contribution in [2.45, 2.75) is 13.8 Å². The molecule has 0 spiro atoms. The number of hydrogen-bond acceptors (Lipinski definition) is 1. The van der Waals surface area contributed by atoms with E-state index < -0.39 is 0 Å². The van der Waals surface area contributed by atoms with Crippen molar-refractivity contribution in [3.8, 4) is 0 Å². The molecule has 2 nitrogen and oxygen atoms in total. The van der Waals surface area contributed by atoms with Crippen LogP contribution in [0.15, 0.2) is 30.1 Å². The normalized spacial score (nSPS) is 8.15. The van der Waals surface area contributed by atoms with Gasteiger partial charge in [-0.25, -0.2) is 0 Å². The van der Waals surface area contributed by atoms with Gasteiger partial charge in [0.15, 0.2) is 0 Å². The lowest BCUT2D eigenvalue weighted by atomic mass is 10.2. The largest absolute Gasteiger partial charge is 0.322 e. The van der Waals surface area contributed by atoms with Gasteiger partial charge >= 0.3 is 0 Å². The van der Waals surface area contributed by atoms with E-state index in [4.69, 9.17) is 0 Å². The lowest BCUT2D eigenvalue weighted by molar-refractivity contribution is 1.21. The number of pyridine rings is 1. The Morgan fingerprint density at radius 1 is 1.23 bits per heavy atom. The minimum atomic E-state index is -0.120. The lowest BCUT2D eigenvalue weighted by Crippen LogP contribution is -2.05. The van der Waals surface area contributed by atoms with E-state index in [0.29, 0.717) is 5.69 Å². The highest BCUT2D eigenvalue weighted by Crippen LogP contribution is 2.04. The monoisotopic (exact) mass is 177 g/mol. The molecule has 0 aliphatic carbocycles. The Bertz CT molecular complexity index is 336. The first kappa shape index (κ1) is 11.4. The molecule has 1 rings (SSSR count). The second-order valence-electron chi connectivity index (χ2n) is 2.10. The Hall–Kier alpha value is -1.57. The molecule has 0 saturated heterocycles. The fourth-order valence-corrected chi connectivity index (χ4v) is 0.849. The molecule has 1 heterocycles. The number of rotatable bonds is 2. The molecule has 1 aromatic rings. The zero-order valence-electron chi connectivity index (χ0n) is 8.13. The minimum Gasteiger partial charge on any atom is -0.322 e. The molecule has 0 amide bonds. The average molecular weight is 177 g/mol. The Kier molecular flexibility index (Phi) is 5.28. The molecule has 2 heteroatoms. The summed E-state index contributed by atoms with van der Waals surface area (Å²) in [7, 11) is 0. The van der Waals surface area contributed by atoms with Crippen molar-refractivity contribution in [2.24, 2.45) is 0 Å². The molecule has 0 fully saturated rings. The summed E-state index contributed by atoms with van der Waals surface area (Å²) < 4.78 is 0. The highest BCUT2D eigenvalue weighted by atomic mass is 16.1. The number of aromatic nitrogens is 1. The van der Waals surface area contributed by atoms with Gasteiger partial charge in [-0.3, -0.25) is 4.79 Å². The van der Waals surface area contributed by atoms with E-state index in [0.717, 1.165) is 5.56 Å². The van der Waals surface area contributed by atoms with E-state index in [1.165, 1.54) is 6.07 Å². The van der Waals surface area contributed by atoms with Crippen LogP contribution >= 0.6 is 0 Å². The van der Waals surface area contributed by atoms with Gasteiger partial charge < -0.3 is 4.98 Å². The fraction of sp³-hybridized carbons (Fsp3) is 0.182. The van der Waals surface area contributed by atoms with Crippen LogP contribution in [0.5, 0.6) is 0 Å². The van der Waals surface area contributed by atoms with Crippen LogP contribution in [-0.4, -0.2) is 4.98 Å². The van der Waals surface area contributed by atoms with Crippen molar-refractivity contribution in [3.05, 3.63) is 46.9 Å². The quantitative estimate of drug-likeness (QED) is 0.740. The van der Waals surface area contributed by atoms with Gasteiger partial charge in [0, 0.05) is 11.8 Å². The summed E-state index contributed by atoms with van der Waals surface area (Å²) in [4.78, 5) is 13.4. The van der Waals surface area contributed by atoms with Crippen molar-refractivity contribution in [3.63, 3.8) is 0 Å². The maximum absolute atomic E-state index is 10.8. The van der Waals surface area contributed by atoms with E-state index in [1.54, 1.807) is 18.2 Å². The molecule has 0 radical (unpaired) electrons. The van der Waals surface area contributed by atoms with Crippen LogP contribution in [0, 0.1) is 0 Å². The van der Waals surface area contributed by atoms with E-state index in [2.05, 4.69) is 18.1 Å². The topological polar surface area (TPSA) is 32.9 Å². The van der Waals surface area contributed by atoms with Gasteiger partial charge in [-0.2, -0.15) is 0 Å². The molecule has 0 saturated carbocycles. The van der Waals surface area contributed by atoms with Gasteiger partial charge in [-0.1, -0.05) is 33.1 Å². The Morgan fingerprint density at radius 2 is 1.85 bits per heavy atom. The number of nitrogens with one attached hydrogen (secondary N) is 1. The molecular weight excluding hydrogens is 162 g/mol. The molecule has 0 aliphatic heterocycles. The minimum absolute atomic E-state index is 0.120. The van der Waals surface area contributed by atoms with E-state index in [9.17, 15) is 4.79 Å². The van der Waals surface area contributed by atoms with Crippen molar-refractivity contribution >= 4 is 12.2 Å². The number of aromatic amines is 1. The smallest absolute Gasteiger partial charge is 0.248 e. The Balaban J connectivity index is 0.000000671. The highest BCUT2D eigenvalue weighted by molar-refractivity contribution is 5.59. The number of hydrogen-bond donors (Lipinski definition) is 1. The third-order valence-corrected chi connectivity index (χ3v) is 1.41. The summed E-state index contributed by atoms with van der Waals surface area (Å²) in [5, 5.41) is 0. The van der Waals surface area contributed by atoms with Crippen LogP contribution in [0.2, 0.25) is 0 Å². The molecule has 0 aromatic carbocycles. The zero-order valence-corrected chi connectivity index (χ0v) is 8.13. The molecule has 0 bridgehead atoms. The predicted molar refractivity (Wildman–Crippen MR) is 58.6 cm³/mol. The molecule has 1 aromatic heterocycles. The Morgan fingerprint density at radius 3 is 2.31 bits per heavy atom. The predicted octanol–water partition coefficient (Wildman–Crippen LogP) is 2.69. The second kappa shape index (κ2) is 6.00. The van der Waals surface area contributed by atoms with E-state index >= 15 is 0 Å². The van der Waals surface area contributed by atoms with Gasteiger partial charge in [-0.05, 0) is 17.7 Å². The first-order valence-electron chi connectivity index (χ1n) is 4.26. The Labute approximate surface area is 78.6 Å². The highest BCUT2D eigenvalue weighted by Gasteiger charge is 1.93. The summed E-state index contributed by atoms with van der Waals surface area (Å²) in [6, 6.07) is 3.17. The second-order valence-corrected chi connectivity index (χ2v) is 2.10. The van der Waals surface area contributed by atoms with Crippen molar-refractivity contribution in [1.82, 2.24) is 4.98 Å². The third-order valence-electron chi connectivity index (χ3n) is 1.41. The first-order valence-corrected chi connectivity index (χ1v) is 4.26. The molecular formula is C11H15NO. The fourth-order valence-electron chi connectivity index (χ4n) is 0.849. The maximum Gasteiger partial charge on any atom is 0.248 e. The van der Waals surface area contributed by atoms with Crippen LogP contribution in [0.3, 0.4) is 0 Å². The van der Waals surface area contributed by atoms with Gasteiger partial charge in [0.05, 0.1) is 0 Å². The van der Waals surface area contributed by atoms with Gasteiger partial charge in [-0.15, -0.1) is 0 Å². The summed E-state index contributed by atoms with van der Waals surface area (Å²) >= 11 is 0. The summed E-state index contributed by atoms with van der Waals surface area (Å²) in [6.07, 6.45) is 3.27. The summed E-state index contributed by atoms with van der Waals surface area (Å²) in [5.41, 5.74) is 1.48. The van der Waals surface area contributed by atoms with Crippen LogP contribution in [-0.2, 0) is 0 Å². The van der Waals surface area contributed by atoms with Crippen LogP contribution < -0.4 is 5.56 Å².